The van der Waals surface area contributed by atoms with E-state index in [1.807, 2.05) is 36.4 Å². The lowest BCUT2D eigenvalue weighted by Gasteiger charge is -2.16. The van der Waals surface area contributed by atoms with E-state index in [9.17, 15) is 4.79 Å². The van der Waals surface area contributed by atoms with Crippen molar-refractivity contribution in [3.05, 3.63) is 59.0 Å². The maximum absolute atomic E-state index is 12.7. The second-order valence-corrected chi connectivity index (χ2v) is 6.78. The van der Waals surface area contributed by atoms with E-state index in [1.165, 1.54) is 16.8 Å². The molecule has 0 unspecified atom stereocenters. The number of carbonyl (C=O) groups is 1. The molecule has 0 saturated carbocycles. The van der Waals surface area contributed by atoms with Gasteiger partial charge in [-0.2, -0.15) is 0 Å². The number of thioether (sulfide) groups is 1. The van der Waals surface area contributed by atoms with E-state index >= 15 is 0 Å². The van der Waals surface area contributed by atoms with Crippen molar-refractivity contribution in [1.29, 1.82) is 0 Å². The van der Waals surface area contributed by atoms with Crippen LogP contribution in [0.1, 0.15) is 5.56 Å². The van der Waals surface area contributed by atoms with Gasteiger partial charge in [0, 0.05) is 5.56 Å². The number of ether oxygens (including phenoxy) is 2. The minimum absolute atomic E-state index is 0.205. The molecular formula is C18H16N2O3S2. The normalized spacial score (nSPS) is 15.6. The molecule has 2 aromatic rings. The molecule has 0 aromatic heterocycles. The summed E-state index contributed by atoms with van der Waals surface area (Å²) in [4.78, 5) is 13.2. The molecule has 0 radical (unpaired) electrons. The standard InChI is InChI=1S/C18H16N2O3S2/c1-22-14-8-9-15(23-2)12(10-14)11-16-17(21)20(18(24)25-16)19-13-6-4-3-5-7-13/h3-11,19H,1-2H3/b16-11-. The lowest BCUT2D eigenvalue weighted by molar-refractivity contribution is -0.121. The number of amides is 1. The number of nitrogens with one attached hydrogen (secondary N) is 1. The molecule has 1 aliphatic heterocycles. The minimum atomic E-state index is -0.205. The number of carbonyl (C=O) groups excluding carboxylic acids is 1. The van der Waals surface area contributed by atoms with Crippen molar-refractivity contribution in [2.75, 3.05) is 19.6 Å². The Morgan fingerprint density at radius 3 is 2.56 bits per heavy atom. The van der Waals surface area contributed by atoms with Crippen molar-refractivity contribution in [3.63, 3.8) is 0 Å². The molecule has 3 rings (SSSR count). The molecule has 1 N–H and O–H groups in total. The fourth-order valence-corrected chi connectivity index (χ4v) is 3.47. The van der Waals surface area contributed by atoms with Gasteiger partial charge in [-0.1, -0.05) is 30.0 Å². The molecule has 0 aliphatic carbocycles. The summed E-state index contributed by atoms with van der Waals surface area (Å²) in [6.45, 7) is 0. The number of hydrogen-bond donors (Lipinski definition) is 1. The molecule has 1 saturated heterocycles. The highest BCUT2D eigenvalue weighted by Crippen LogP contribution is 2.35. The Morgan fingerprint density at radius 2 is 1.88 bits per heavy atom. The molecule has 1 fully saturated rings. The van der Waals surface area contributed by atoms with Crippen molar-refractivity contribution >= 4 is 46.0 Å². The molecule has 2 aromatic carbocycles. The van der Waals surface area contributed by atoms with Crippen LogP contribution in [-0.4, -0.2) is 29.5 Å². The number of hydrogen-bond acceptors (Lipinski definition) is 6. The Hall–Kier alpha value is -2.51. The highest BCUT2D eigenvalue weighted by Gasteiger charge is 2.32. The molecular weight excluding hydrogens is 356 g/mol. The second kappa shape index (κ2) is 7.58. The fraction of sp³-hybridized carbons (Fsp3) is 0.111. The molecule has 1 aliphatic rings. The summed E-state index contributed by atoms with van der Waals surface area (Å²) in [5.41, 5.74) is 4.57. The molecule has 5 nitrogen and oxygen atoms in total. The van der Waals surface area contributed by atoms with Crippen LogP contribution in [0.2, 0.25) is 0 Å². The Morgan fingerprint density at radius 1 is 1.12 bits per heavy atom. The van der Waals surface area contributed by atoms with Gasteiger partial charge in [0.25, 0.3) is 5.91 Å². The summed E-state index contributed by atoms with van der Waals surface area (Å²) < 4.78 is 11.0. The van der Waals surface area contributed by atoms with Gasteiger partial charge < -0.3 is 9.47 Å². The summed E-state index contributed by atoms with van der Waals surface area (Å²) >= 11 is 6.57. The van der Waals surface area contributed by atoms with Crippen LogP contribution in [0.15, 0.2) is 53.4 Å². The second-order valence-electron chi connectivity index (χ2n) is 5.10. The van der Waals surface area contributed by atoms with Gasteiger partial charge in [-0.15, -0.1) is 0 Å². The number of para-hydroxylation sites is 1. The van der Waals surface area contributed by atoms with Gasteiger partial charge in [-0.05, 0) is 48.6 Å². The summed E-state index contributed by atoms with van der Waals surface area (Å²) in [6.07, 6.45) is 1.76. The van der Waals surface area contributed by atoms with Crippen molar-refractivity contribution in [2.45, 2.75) is 0 Å². The highest BCUT2D eigenvalue weighted by molar-refractivity contribution is 8.26. The van der Waals surface area contributed by atoms with Gasteiger partial charge in [0.15, 0.2) is 4.32 Å². The van der Waals surface area contributed by atoms with Crippen LogP contribution in [0, 0.1) is 0 Å². The predicted molar refractivity (Wildman–Crippen MR) is 105 cm³/mol. The van der Waals surface area contributed by atoms with E-state index < -0.39 is 0 Å². The van der Waals surface area contributed by atoms with E-state index in [4.69, 9.17) is 21.7 Å². The Kier molecular flexibility index (Phi) is 5.25. The first kappa shape index (κ1) is 17.3. The lowest BCUT2D eigenvalue weighted by atomic mass is 10.1. The number of benzene rings is 2. The van der Waals surface area contributed by atoms with Crippen LogP contribution in [0.3, 0.4) is 0 Å². The Balaban J connectivity index is 1.88. The van der Waals surface area contributed by atoms with Crippen LogP contribution < -0.4 is 14.9 Å². The molecule has 0 spiro atoms. The first-order chi connectivity index (χ1) is 12.1. The van der Waals surface area contributed by atoms with Crippen molar-refractivity contribution < 1.29 is 14.3 Å². The molecule has 128 valence electrons. The average Bonchev–Trinajstić information content (AvgIpc) is 2.90. The SMILES string of the molecule is COc1ccc(OC)c(/C=C2\SC(=S)N(Nc3ccccc3)C2=O)c1. The van der Waals surface area contributed by atoms with Crippen LogP contribution in [-0.2, 0) is 4.79 Å². The summed E-state index contributed by atoms with van der Waals surface area (Å²) in [5.74, 6) is 1.13. The van der Waals surface area contributed by atoms with Gasteiger partial charge >= 0.3 is 0 Å². The largest absolute Gasteiger partial charge is 0.497 e. The predicted octanol–water partition coefficient (Wildman–Crippen LogP) is 3.93. The number of thiocarbonyl (C=S) groups is 1. The van der Waals surface area contributed by atoms with Crippen LogP contribution in [0.25, 0.3) is 6.08 Å². The molecule has 7 heteroatoms. The first-order valence-corrected chi connectivity index (χ1v) is 8.66. The van der Waals surface area contributed by atoms with E-state index in [2.05, 4.69) is 5.43 Å². The number of nitrogens with zero attached hydrogens (tertiary/aromatic N) is 1. The van der Waals surface area contributed by atoms with Gasteiger partial charge in [-0.25, -0.2) is 5.01 Å². The van der Waals surface area contributed by atoms with Crippen LogP contribution >= 0.6 is 24.0 Å². The minimum Gasteiger partial charge on any atom is -0.497 e. The monoisotopic (exact) mass is 372 g/mol. The molecule has 1 heterocycles. The summed E-state index contributed by atoms with van der Waals surface area (Å²) in [7, 11) is 3.18. The Labute approximate surface area is 155 Å². The van der Waals surface area contributed by atoms with E-state index in [1.54, 1.807) is 32.4 Å². The molecule has 0 atom stereocenters. The van der Waals surface area contributed by atoms with Gasteiger partial charge in [0.05, 0.1) is 24.8 Å². The number of rotatable bonds is 5. The van der Waals surface area contributed by atoms with Crippen LogP contribution in [0.4, 0.5) is 5.69 Å². The zero-order chi connectivity index (χ0) is 17.8. The third-order valence-electron chi connectivity index (χ3n) is 3.53. The van der Waals surface area contributed by atoms with Gasteiger partial charge in [-0.3, -0.25) is 10.2 Å². The molecule has 1 amide bonds. The zero-order valence-electron chi connectivity index (χ0n) is 13.7. The quantitative estimate of drug-likeness (QED) is 0.634. The van der Waals surface area contributed by atoms with E-state index in [0.29, 0.717) is 20.7 Å². The third-order valence-corrected chi connectivity index (χ3v) is 4.83. The fourth-order valence-electron chi connectivity index (χ4n) is 2.30. The molecule has 25 heavy (non-hydrogen) atoms. The van der Waals surface area contributed by atoms with Crippen molar-refractivity contribution in [2.24, 2.45) is 0 Å². The zero-order valence-corrected chi connectivity index (χ0v) is 15.3. The van der Waals surface area contributed by atoms with Gasteiger partial charge in [0.1, 0.15) is 11.5 Å². The maximum Gasteiger partial charge on any atom is 0.285 e. The van der Waals surface area contributed by atoms with E-state index in [0.717, 1.165) is 11.3 Å². The topological polar surface area (TPSA) is 50.8 Å². The first-order valence-electron chi connectivity index (χ1n) is 7.44. The number of hydrazine groups is 1. The van der Waals surface area contributed by atoms with Crippen molar-refractivity contribution in [1.82, 2.24) is 5.01 Å². The third kappa shape index (κ3) is 3.78. The average molecular weight is 372 g/mol. The van der Waals surface area contributed by atoms with Gasteiger partial charge in [0.2, 0.25) is 0 Å². The summed E-state index contributed by atoms with van der Waals surface area (Å²) in [5, 5.41) is 1.37. The highest BCUT2D eigenvalue weighted by atomic mass is 32.2. The van der Waals surface area contributed by atoms with Crippen LogP contribution in [0.5, 0.6) is 11.5 Å². The Bertz CT molecular complexity index is 837. The maximum atomic E-state index is 12.7. The lowest BCUT2D eigenvalue weighted by Crippen LogP contribution is -2.33. The smallest absolute Gasteiger partial charge is 0.285 e. The number of methoxy groups -OCH3 is 2. The number of anilines is 1. The molecule has 0 bridgehead atoms. The van der Waals surface area contributed by atoms with E-state index in [-0.39, 0.29) is 5.91 Å². The summed E-state index contributed by atoms with van der Waals surface area (Å²) in [6, 6.07) is 14.8. The van der Waals surface area contributed by atoms with Crippen molar-refractivity contribution in [3.8, 4) is 11.5 Å².